The number of unbranched alkanes of at least 4 members (excludes halogenated alkanes) is 7. The molecule has 1 aliphatic carbocycles. The molecule has 1 heterocycles. The van der Waals surface area contributed by atoms with Crippen LogP contribution in [0.25, 0.3) is 0 Å². The van der Waals surface area contributed by atoms with Gasteiger partial charge in [-0.3, -0.25) is 0 Å². The van der Waals surface area contributed by atoms with Gasteiger partial charge < -0.3 is 0 Å². The summed E-state index contributed by atoms with van der Waals surface area (Å²) in [6.45, 7) is 4.51. The molecule has 1 aromatic heterocycles. The minimum atomic E-state index is -0.445. The Kier molecular flexibility index (Phi) is 9.81. The van der Waals surface area contributed by atoms with Crippen LogP contribution in [0.5, 0.6) is 0 Å². The SMILES string of the molecule is CCCCCCCc1cnc(C2(C#N)CCC(CCCCCC)CC2)nc1. The van der Waals surface area contributed by atoms with Gasteiger partial charge in [0.15, 0.2) is 0 Å². The predicted molar refractivity (Wildman–Crippen MR) is 113 cm³/mol. The minimum absolute atomic E-state index is 0.445. The van der Waals surface area contributed by atoms with Crippen molar-refractivity contribution in [2.45, 2.75) is 116 Å². The molecule has 0 bridgehead atoms. The largest absolute Gasteiger partial charge is 0.239 e. The summed E-state index contributed by atoms with van der Waals surface area (Å²) in [5, 5.41) is 9.89. The van der Waals surface area contributed by atoms with Crippen molar-refractivity contribution in [1.82, 2.24) is 9.97 Å². The molecule has 150 valence electrons. The zero-order valence-electron chi connectivity index (χ0n) is 17.7. The first-order valence-corrected chi connectivity index (χ1v) is 11.5. The number of hydrogen-bond acceptors (Lipinski definition) is 3. The summed E-state index contributed by atoms with van der Waals surface area (Å²) >= 11 is 0. The second-order valence-corrected chi connectivity index (χ2v) is 8.57. The molecular weight excluding hydrogens is 330 g/mol. The average molecular weight is 370 g/mol. The van der Waals surface area contributed by atoms with Crippen LogP contribution in [0.1, 0.15) is 115 Å². The molecule has 0 amide bonds. The van der Waals surface area contributed by atoms with Crippen LogP contribution in [0.2, 0.25) is 0 Å². The molecule has 0 N–H and O–H groups in total. The molecular formula is C24H39N3. The molecule has 0 unspecified atom stereocenters. The van der Waals surface area contributed by atoms with Gasteiger partial charge in [0.05, 0.1) is 6.07 Å². The molecule has 2 rings (SSSR count). The molecule has 27 heavy (non-hydrogen) atoms. The van der Waals surface area contributed by atoms with E-state index in [0.29, 0.717) is 0 Å². The molecule has 3 heteroatoms. The van der Waals surface area contributed by atoms with Gasteiger partial charge in [-0.1, -0.05) is 71.6 Å². The van der Waals surface area contributed by atoms with Gasteiger partial charge in [-0.2, -0.15) is 5.26 Å². The second-order valence-electron chi connectivity index (χ2n) is 8.57. The lowest BCUT2D eigenvalue weighted by Crippen LogP contribution is -2.32. The quantitative estimate of drug-likeness (QED) is 0.376. The molecule has 0 spiro atoms. The summed E-state index contributed by atoms with van der Waals surface area (Å²) in [6, 6.07) is 2.59. The third-order valence-electron chi connectivity index (χ3n) is 6.34. The van der Waals surface area contributed by atoms with E-state index in [9.17, 15) is 5.26 Å². The predicted octanol–water partition coefficient (Wildman–Crippen LogP) is 6.91. The summed E-state index contributed by atoms with van der Waals surface area (Å²) in [4.78, 5) is 9.28. The fourth-order valence-electron chi connectivity index (χ4n) is 4.37. The highest BCUT2D eigenvalue weighted by atomic mass is 14.9. The fraction of sp³-hybridized carbons (Fsp3) is 0.792. The molecule has 1 aliphatic rings. The van der Waals surface area contributed by atoms with Crippen LogP contribution in [0.15, 0.2) is 12.4 Å². The third-order valence-corrected chi connectivity index (χ3v) is 6.34. The van der Waals surface area contributed by atoms with E-state index in [1.54, 1.807) is 0 Å². The highest BCUT2D eigenvalue weighted by Crippen LogP contribution is 2.41. The summed E-state index contributed by atoms with van der Waals surface area (Å²) in [5.74, 6) is 1.56. The summed E-state index contributed by atoms with van der Waals surface area (Å²) in [5.41, 5.74) is 0.771. The fourth-order valence-corrected chi connectivity index (χ4v) is 4.37. The van der Waals surface area contributed by atoms with Gasteiger partial charge >= 0.3 is 0 Å². The lowest BCUT2D eigenvalue weighted by molar-refractivity contribution is 0.253. The van der Waals surface area contributed by atoms with Crippen LogP contribution in [0, 0.1) is 17.2 Å². The highest BCUT2D eigenvalue weighted by molar-refractivity contribution is 5.22. The summed E-state index contributed by atoms with van der Waals surface area (Å²) in [7, 11) is 0. The molecule has 0 aromatic carbocycles. The Bertz CT molecular complexity index is 550. The Labute approximate surface area is 167 Å². The lowest BCUT2D eigenvalue weighted by atomic mass is 9.69. The average Bonchev–Trinajstić information content (AvgIpc) is 2.72. The first kappa shape index (κ1) is 21.9. The van der Waals surface area contributed by atoms with Gasteiger partial charge in [0.2, 0.25) is 0 Å². The van der Waals surface area contributed by atoms with Gasteiger partial charge in [-0.15, -0.1) is 0 Å². The van der Waals surface area contributed by atoms with E-state index in [1.807, 2.05) is 12.4 Å². The first-order chi connectivity index (χ1) is 13.2. The van der Waals surface area contributed by atoms with Gasteiger partial charge in [-0.25, -0.2) is 9.97 Å². The maximum atomic E-state index is 9.89. The summed E-state index contributed by atoms with van der Waals surface area (Å²) < 4.78 is 0. The van der Waals surface area contributed by atoms with Crippen molar-refractivity contribution in [3.05, 3.63) is 23.8 Å². The Morgan fingerprint density at radius 3 is 2.11 bits per heavy atom. The smallest absolute Gasteiger partial charge is 0.148 e. The Morgan fingerprint density at radius 2 is 1.52 bits per heavy atom. The van der Waals surface area contributed by atoms with E-state index in [-0.39, 0.29) is 0 Å². The Hall–Kier alpha value is -1.43. The van der Waals surface area contributed by atoms with Crippen molar-refractivity contribution < 1.29 is 0 Å². The van der Waals surface area contributed by atoms with Crippen molar-refractivity contribution in [2.75, 3.05) is 0 Å². The Morgan fingerprint density at radius 1 is 0.926 bits per heavy atom. The van der Waals surface area contributed by atoms with E-state index >= 15 is 0 Å². The van der Waals surface area contributed by atoms with E-state index in [1.165, 1.54) is 69.8 Å². The zero-order valence-corrected chi connectivity index (χ0v) is 17.7. The monoisotopic (exact) mass is 369 g/mol. The topological polar surface area (TPSA) is 49.6 Å². The molecule has 0 aliphatic heterocycles. The number of aromatic nitrogens is 2. The van der Waals surface area contributed by atoms with Crippen LogP contribution < -0.4 is 0 Å². The van der Waals surface area contributed by atoms with Gasteiger partial charge in [-0.05, 0) is 50.0 Å². The Balaban J connectivity index is 1.82. The number of nitriles is 1. The van der Waals surface area contributed by atoms with E-state index in [2.05, 4.69) is 29.9 Å². The third kappa shape index (κ3) is 6.91. The molecule has 1 saturated carbocycles. The number of rotatable bonds is 12. The molecule has 0 saturated heterocycles. The molecule has 0 atom stereocenters. The summed E-state index contributed by atoms with van der Waals surface area (Å²) in [6.07, 6.45) is 22.3. The van der Waals surface area contributed by atoms with Gasteiger partial charge in [0, 0.05) is 12.4 Å². The normalized spacial score (nSPS) is 22.5. The number of nitrogens with zero attached hydrogens (tertiary/aromatic N) is 3. The van der Waals surface area contributed by atoms with Crippen molar-refractivity contribution in [3.8, 4) is 6.07 Å². The van der Waals surface area contributed by atoms with Crippen molar-refractivity contribution >= 4 is 0 Å². The van der Waals surface area contributed by atoms with E-state index in [0.717, 1.165) is 43.8 Å². The van der Waals surface area contributed by atoms with Crippen molar-refractivity contribution in [1.29, 1.82) is 5.26 Å². The number of hydrogen-bond donors (Lipinski definition) is 0. The van der Waals surface area contributed by atoms with Crippen molar-refractivity contribution in [3.63, 3.8) is 0 Å². The van der Waals surface area contributed by atoms with Crippen LogP contribution in [-0.2, 0) is 11.8 Å². The van der Waals surface area contributed by atoms with Crippen LogP contribution in [0.3, 0.4) is 0 Å². The molecule has 1 aromatic rings. The first-order valence-electron chi connectivity index (χ1n) is 11.5. The molecule has 3 nitrogen and oxygen atoms in total. The maximum absolute atomic E-state index is 9.89. The van der Waals surface area contributed by atoms with Crippen LogP contribution in [-0.4, -0.2) is 9.97 Å². The van der Waals surface area contributed by atoms with Gasteiger partial charge in [0.25, 0.3) is 0 Å². The lowest BCUT2D eigenvalue weighted by Gasteiger charge is -2.33. The van der Waals surface area contributed by atoms with Gasteiger partial charge in [0.1, 0.15) is 11.2 Å². The molecule has 0 radical (unpaired) electrons. The standard InChI is InChI=1S/C24H39N3/c1-3-5-7-9-11-13-22-18-26-23(27-19-22)24(20-25)16-14-21(15-17-24)12-10-8-6-4-2/h18-19,21H,3-17H2,1-2H3. The second kappa shape index (κ2) is 12.1. The van der Waals surface area contributed by atoms with E-state index in [4.69, 9.17) is 0 Å². The van der Waals surface area contributed by atoms with E-state index < -0.39 is 5.41 Å². The molecule has 1 fully saturated rings. The minimum Gasteiger partial charge on any atom is -0.239 e. The van der Waals surface area contributed by atoms with Crippen LogP contribution >= 0.6 is 0 Å². The maximum Gasteiger partial charge on any atom is 0.148 e. The van der Waals surface area contributed by atoms with Crippen molar-refractivity contribution in [2.24, 2.45) is 5.92 Å². The number of aryl methyl sites for hydroxylation is 1. The van der Waals surface area contributed by atoms with Crippen LogP contribution in [0.4, 0.5) is 0 Å². The highest BCUT2D eigenvalue weighted by Gasteiger charge is 2.39. The zero-order chi connectivity index (χ0) is 19.4.